The van der Waals surface area contributed by atoms with Gasteiger partial charge in [0.25, 0.3) is 0 Å². The van der Waals surface area contributed by atoms with E-state index in [-0.39, 0.29) is 12.2 Å². The lowest BCUT2D eigenvalue weighted by Gasteiger charge is -2.07. The van der Waals surface area contributed by atoms with Crippen LogP contribution in [0.3, 0.4) is 0 Å². The van der Waals surface area contributed by atoms with Crippen LogP contribution in [0.5, 0.6) is 11.5 Å². The summed E-state index contributed by atoms with van der Waals surface area (Å²) < 4.78 is 10.4. The number of carbonyl (C=O) groups is 2. The fourth-order valence-corrected chi connectivity index (χ4v) is 3.31. The molecule has 2 aromatic carbocycles. The van der Waals surface area contributed by atoms with E-state index in [0.717, 1.165) is 25.7 Å². The Morgan fingerprint density at radius 1 is 0.500 bits per heavy atom. The molecule has 0 fully saturated rings. The van der Waals surface area contributed by atoms with Crippen LogP contribution < -0.4 is 20.1 Å². The van der Waals surface area contributed by atoms with Gasteiger partial charge >= 0.3 is 12.2 Å². The molecule has 0 bridgehead atoms. The molecule has 0 radical (unpaired) electrons. The maximum atomic E-state index is 11.7. The van der Waals surface area contributed by atoms with E-state index >= 15 is 0 Å². The minimum absolute atomic E-state index is 0.389. The highest BCUT2D eigenvalue weighted by Gasteiger charge is 2.03. The highest BCUT2D eigenvalue weighted by atomic mass is 16.6. The van der Waals surface area contributed by atoms with Gasteiger partial charge in [-0.1, -0.05) is 87.8 Å². The number of rotatable bonds is 15. The van der Waals surface area contributed by atoms with Crippen molar-refractivity contribution in [3.05, 3.63) is 60.7 Å². The first-order valence-corrected chi connectivity index (χ1v) is 11.8. The average Bonchev–Trinajstić information content (AvgIpc) is 2.80. The third-order valence-corrected chi connectivity index (χ3v) is 5.05. The Hall–Kier alpha value is -3.02. The second-order valence-electron chi connectivity index (χ2n) is 7.79. The van der Waals surface area contributed by atoms with Crippen molar-refractivity contribution in [2.45, 2.75) is 64.2 Å². The molecule has 174 valence electrons. The van der Waals surface area contributed by atoms with E-state index in [1.54, 1.807) is 24.3 Å². The third kappa shape index (κ3) is 12.6. The van der Waals surface area contributed by atoms with E-state index in [1.165, 1.54) is 38.5 Å². The number of para-hydroxylation sites is 2. The zero-order chi connectivity index (χ0) is 22.7. The van der Waals surface area contributed by atoms with Crippen molar-refractivity contribution < 1.29 is 19.1 Å². The number of hydrogen-bond donors (Lipinski definition) is 2. The van der Waals surface area contributed by atoms with E-state index in [9.17, 15) is 9.59 Å². The summed E-state index contributed by atoms with van der Waals surface area (Å²) in [5.41, 5.74) is 0. The van der Waals surface area contributed by atoms with Crippen LogP contribution in [0.4, 0.5) is 9.59 Å². The van der Waals surface area contributed by atoms with E-state index in [2.05, 4.69) is 10.6 Å². The molecule has 2 N–H and O–H groups in total. The second kappa shape index (κ2) is 16.6. The fourth-order valence-electron chi connectivity index (χ4n) is 3.31. The predicted molar refractivity (Wildman–Crippen MR) is 127 cm³/mol. The van der Waals surface area contributed by atoms with Crippen molar-refractivity contribution in [1.82, 2.24) is 10.6 Å². The summed E-state index contributed by atoms with van der Waals surface area (Å²) in [5, 5.41) is 5.58. The van der Waals surface area contributed by atoms with Crippen LogP contribution in [0.15, 0.2) is 60.7 Å². The van der Waals surface area contributed by atoms with Gasteiger partial charge < -0.3 is 20.1 Å². The molecule has 0 aliphatic heterocycles. The van der Waals surface area contributed by atoms with Crippen LogP contribution in [0.2, 0.25) is 0 Å². The van der Waals surface area contributed by atoms with Crippen molar-refractivity contribution in [3.8, 4) is 11.5 Å². The number of ether oxygens (including phenoxy) is 2. The Morgan fingerprint density at radius 2 is 0.812 bits per heavy atom. The quantitative estimate of drug-likeness (QED) is 0.311. The molecule has 0 aromatic heterocycles. The van der Waals surface area contributed by atoms with Gasteiger partial charge in [-0.05, 0) is 37.1 Å². The van der Waals surface area contributed by atoms with Crippen molar-refractivity contribution in [1.29, 1.82) is 0 Å². The monoisotopic (exact) mass is 440 g/mol. The standard InChI is InChI=1S/C26H36N2O4/c29-25(31-23-17-11-9-12-18-23)27-21-15-7-5-3-1-2-4-6-8-16-22-28-26(30)32-24-19-13-10-14-20-24/h9-14,17-20H,1-8,15-16,21-22H2,(H,27,29)(H,28,30). The molecular formula is C26H36N2O4. The molecule has 6 nitrogen and oxygen atoms in total. The van der Waals surface area contributed by atoms with E-state index in [1.807, 2.05) is 36.4 Å². The van der Waals surface area contributed by atoms with Crippen LogP contribution in [-0.2, 0) is 0 Å². The topological polar surface area (TPSA) is 76.7 Å². The number of amides is 2. The SMILES string of the molecule is O=C(NCCCCCCCCCCCCNC(=O)Oc1ccccc1)Oc1ccccc1. The summed E-state index contributed by atoms with van der Waals surface area (Å²) in [7, 11) is 0. The lowest BCUT2D eigenvalue weighted by molar-refractivity contribution is 0.199. The van der Waals surface area contributed by atoms with Gasteiger partial charge in [0.1, 0.15) is 11.5 Å². The van der Waals surface area contributed by atoms with Crippen molar-refractivity contribution in [2.24, 2.45) is 0 Å². The molecule has 0 saturated carbocycles. The number of hydrogen-bond acceptors (Lipinski definition) is 4. The molecule has 32 heavy (non-hydrogen) atoms. The van der Waals surface area contributed by atoms with Crippen molar-refractivity contribution >= 4 is 12.2 Å². The van der Waals surface area contributed by atoms with E-state index in [4.69, 9.17) is 9.47 Å². The Balaban J connectivity index is 1.30. The number of nitrogens with one attached hydrogen (secondary N) is 2. The molecular weight excluding hydrogens is 404 g/mol. The van der Waals surface area contributed by atoms with Gasteiger partial charge in [-0.2, -0.15) is 0 Å². The van der Waals surface area contributed by atoms with Crippen LogP contribution in [0.25, 0.3) is 0 Å². The largest absolute Gasteiger partial charge is 0.412 e. The van der Waals surface area contributed by atoms with Crippen LogP contribution in [0.1, 0.15) is 64.2 Å². The zero-order valence-electron chi connectivity index (χ0n) is 18.9. The Labute approximate surface area is 191 Å². The second-order valence-corrected chi connectivity index (χ2v) is 7.79. The predicted octanol–water partition coefficient (Wildman–Crippen LogP) is 6.46. The summed E-state index contributed by atoms with van der Waals surface area (Å²) in [5.74, 6) is 1.12. The van der Waals surface area contributed by atoms with Gasteiger partial charge in [0.2, 0.25) is 0 Å². The molecule has 2 rings (SSSR count). The fraction of sp³-hybridized carbons (Fsp3) is 0.462. The summed E-state index contributed by atoms with van der Waals surface area (Å²) >= 11 is 0. The highest BCUT2D eigenvalue weighted by Crippen LogP contribution is 2.11. The maximum Gasteiger partial charge on any atom is 0.412 e. The summed E-state index contributed by atoms with van der Waals surface area (Å²) in [6.45, 7) is 1.30. The van der Waals surface area contributed by atoms with Crippen LogP contribution in [0, 0.1) is 0 Å². The minimum atomic E-state index is -0.389. The molecule has 2 aromatic rings. The number of benzene rings is 2. The normalized spacial score (nSPS) is 10.4. The summed E-state index contributed by atoms with van der Waals surface area (Å²) in [6.07, 6.45) is 10.8. The molecule has 0 saturated heterocycles. The first kappa shape index (κ1) is 25.2. The smallest absolute Gasteiger partial charge is 0.410 e. The summed E-state index contributed by atoms with van der Waals surface area (Å²) in [6, 6.07) is 18.2. The molecule has 0 aliphatic carbocycles. The molecule has 0 aliphatic rings. The Kier molecular flexibility index (Phi) is 13.1. The van der Waals surface area contributed by atoms with Gasteiger partial charge in [0.05, 0.1) is 0 Å². The molecule has 0 atom stereocenters. The molecule has 2 amide bonds. The maximum absolute atomic E-state index is 11.7. The van der Waals surface area contributed by atoms with Crippen molar-refractivity contribution in [3.63, 3.8) is 0 Å². The lowest BCUT2D eigenvalue weighted by Crippen LogP contribution is -2.27. The lowest BCUT2D eigenvalue weighted by atomic mass is 10.1. The summed E-state index contributed by atoms with van der Waals surface area (Å²) in [4.78, 5) is 23.3. The highest BCUT2D eigenvalue weighted by molar-refractivity contribution is 5.70. The van der Waals surface area contributed by atoms with Gasteiger partial charge in [0, 0.05) is 13.1 Å². The average molecular weight is 441 g/mol. The number of unbranched alkanes of at least 4 members (excludes halogenated alkanes) is 9. The Bertz CT molecular complexity index is 687. The Morgan fingerprint density at radius 3 is 1.16 bits per heavy atom. The molecule has 0 spiro atoms. The van der Waals surface area contributed by atoms with Crippen LogP contribution in [-0.4, -0.2) is 25.3 Å². The van der Waals surface area contributed by atoms with Gasteiger partial charge in [-0.3, -0.25) is 0 Å². The first-order valence-electron chi connectivity index (χ1n) is 11.8. The van der Waals surface area contributed by atoms with E-state index in [0.29, 0.717) is 24.6 Å². The zero-order valence-corrected chi connectivity index (χ0v) is 18.9. The van der Waals surface area contributed by atoms with E-state index < -0.39 is 0 Å². The van der Waals surface area contributed by atoms with Gasteiger partial charge in [-0.15, -0.1) is 0 Å². The molecule has 6 heteroatoms. The number of carbonyl (C=O) groups excluding carboxylic acids is 2. The van der Waals surface area contributed by atoms with Crippen molar-refractivity contribution in [2.75, 3.05) is 13.1 Å². The third-order valence-electron chi connectivity index (χ3n) is 5.05. The molecule has 0 unspecified atom stereocenters. The molecule has 0 heterocycles. The van der Waals surface area contributed by atoms with Crippen LogP contribution >= 0.6 is 0 Å². The first-order chi connectivity index (χ1) is 15.7. The van der Waals surface area contributed by atoms with Gasteiger partial charge in [0.15, 0.2) is 0 Å². The van der Waals surface area contributed by atoms with Gasteiger partial charge in [-0.25, -0.2) is 9.59 Å². The minimum Gasteiger partial charge on any atom is -0.410 e.